The summed E-state index contributed by atoms with van der Waals surface area (Å²) in [5.41, 5.74) is -2.46. The lowest BCUT2D eigenvalue weighted by molar-refractivity contribution is -0.202. The molecule has 6 nitrogen and oxygen atoms in total. The summed E-state index contributed by atoms with van der Waals surface area (Å²) in [4.78, 5) is 19.9. The molecule has 0 spiro atoms. The number of aromatic nitrogens is 1. The fraction of sp³-hybridized carbons (Fsp3) is 0.444. The van der Waals surface area contributed by atoms with Gasteiger partial charge in [-0.05, 0) is 12.8 Å². The largest absolute Gasteiger partial charge is 0.481 e. The first kappa shape index (κ1) is 14.0. The van der Waals surface area contributed by atoms with E-state index >= 15 is 0 Å². The highest BCUT2D eigenvalue weighted by atomic mass is 19.4. The first-order valence-corrected chi connectivity index (χ1v) is 4.64. The smallest absolute Gasteiger partial charge is 0.404 e. The Balaban J connectivity index is 0.000000184. The van der Waals surface area contributed by atoms with Crippen LogP contribution in [0.2, 0.25) is 0 Å². The lowest BCUT2D eigenvalue weighted by atomic mass is 10.1. The molecule has 1 aromatic rings. The molecule has 9 heteroatoms. The lowest BCUT2D eigenvalue weighted by Crippen LogP contribution is -2.32. The van der Waals surface area contributed by atoms with Crippen molar-refractivity contribution in [3.05, 3.63) is 18.0 Å². The third-order valence-electron chi connectivity index (χ3n) is 2.36. The number of rotatable bonds is 2. The van der Waals surface area contributed by atoms with Crippen molar-refractivity contribution >= 4 is 11.9 Å². The van der Waals surface area contributed by atoms with Crippen LogP contribution >= 0.6 is 0 Å². The van der Waals surface area contributed by atoms with Crippen molar-refractivity contribution in [3.8, 4) is 0 Å². The number of carbonyl (C=O) groups is 2. The van der Waals surface area contributed by atoms with Gasteiger partial charge < -0.3 is 14.7 Å². The molecule has 1 saturated carbocycles. The third kappa shape index (κ3) is 2.79. The Bertz CT molecular complexity index is 436. The lowest BCUT2D eigenvalue weighted by Gasteiger charge is -2.12. The Morgan fingerprint density at radius 3 is 2.00 bits per heavy atom. The molecule has 2 rings (SSSR count). The van der Waals surface area contributed by atoms with Crippen molar-refractivity contribution in [2.75, 3.05) is 0 Å². The number of halogens is 3. The fourth-order valence-electron chi connectivity index (χ4n) is 1.07. The van der Waals surface area contributed by atoms with Crippen LogP contribution in [0.4, 0.5) is 13.2 Å². The minimum absolute atomic E-state index is 0.0648. The van der Waals surface area contributed by atoms with E-state index in [4.69, 9.17) is 10.2 Å². The van der Waals surface area contributed by atoms with Gasteiger partial charge in [0.1, 0.15) is 6.26 Å². The quantitative estimate of drug-likeness (QED) is 0.847. The van der Waals surface area contributed by atoms with Crippen LogP contribution in [-0.4, -0.2) is 33.5 Å². The van der Waals surface area contributed by atoms with Crippen LogP contribution in [0, 0.1) is 5.41 Å². The molecule has 0 saturated heterocycles. The number of hydrogen-bond donors (Lipinski definition) is 2. The number of alkyl halides is 3. The van der Waals surface area contributed by atoms with Crippen molar-refractivity contribution < 1.29 is 37.5 Å². The van der Waals surface area contributed by atoms with Gasteiger partial charge in [-0.15, -0.1) is 0 Å². The molecule has 1 aliphatic rings. The van der Waals surface area contributed by atoms with E-state index < -0.39 is 23.5 Å². The second kappa shape index (κ2) is 4.67. The van der Waals surface area contributed by atoms with Crippen molar-refractivity contribution in [1.82, 2.24) is 5.16 Å². The van der Waals surface area contributed by atoms with Gasteiger partial charge in [-0.3, -0.25) is 4.79 Å². The van der Waals surface area contributed by atoms with Crippen LogP contribution in [0.25, 0.3) is 0 Å². The van der Waals surface area contributed by atoms with E-state index in [1.807, 2.05) is 0 Å². The van der Waals surface area contributed by atoms with E-state index in [9.17, 15) is 22.8 Å². The summed E-state index contributed by atoms with van der Waals surface area (Å²) < 4.78 is 39.5. The average Bonchev–Trinajstić information content (AvgIpc) is 2.88. The summed E-state index contributed by atoms with van der Waals surface area (Å²) in [6.45, 7) is 0. The van der Waals surface area contributed by atoms with Crippen molar-refractivity contribution in [2.24, 2.45) is 5.41 Å². The van der Waals surface area contributed by atoms with Gasteiger partial charge >= 0.3 is 18.1 Å². The highest BCUT2D eigenvalue weighted by Crippen LogP contribution is 2.57. The predicted molar refractivity (Wildman–Crippen MR) is 48.8 cm³/mol. The second-order valence-corrected chi connectivity index (χ2v) is 3.57. The Labute approximate surface area is 98.0 Å². The highest BCUT2D eigenvalue weighted by molar-refractivity contribution is 5.84. The van der Waals surface area contributed by atoms with E-state index in [1.165, 1.54) is 12.3 Å². The molecular formula is C9H8F3NO5. The summed E-state index contributed by atoms with van der Waals surface area (Å²) in [6, 6.07) is 1.28. The number of nitrogens with zero attached hydrogens (tertiary/aromatic N) is 1. The summed E-state index contributed by atoms with van der Waals surface area (Å²) in [5, 5.41) is 19.4. The first-order valence-electron chi connectivity index (χ1n) is 4.64. The van der Waals surface area contributed by atoms with Crippen LogP contribution in [0.1, 0.15) is 23.3 Å². The van der Waals surface area contributed by atoms with Crippen molar-refractivity contribution in [1.29, 1.82) is 0 Å². The Morgan fingerprint density at radius 2 is 1.89 bits per heavy atom. The zero-order valence-corrected chi connectivity index (χ0v) is 8.77. The monoisotopic (exact) mass is 267 g/mol. The predicted octanol–water partition coefficient (Wildman–Crippen LogP) is 1.79. The average molecular weight is 267 g/mol. The molecule has 0 aliphatic heterocycles. The van der Waals surface area contributed by atoms with E-state index in [0.29, 0.717) is 0 Å². The van der Waals surface area contributed by atoms with Gasteiger partial charge in [0.25, 0.3) is 0 Å². The molecular weight excluding hydrogens is 259 g/mol. The molecule has 0 aromatic carbocycles. The van der Waals surface area contributed by atoms with Gasteiger partial charge in [0, 0.05) is 6.07 Å². The molecule has 1 aliphatic carbocycles. The SMILES string of the molecule is O=C(O)C1(C(F)(F)F)CC1.O=C(O)c1ccon1. The van der Waals surface area contributed by atoms with Gasteiger partial charge in [-0.1, -0.05) is 5.16 Å². The molecule has 100 valence electrons. The minimum Gasteiger partial charge on any atom is -0.481 e. The van der Waals surface area contributed by atoms with Crippen molar-refractivity contribution in [2.45, 2.75) is 19.0 Å². The molecule has 0 amide bonds. The summed E-state index contributed by atoms with van der Waals surface area (Å²) in [5.74, 6) is -2.82. The van der Waals surface area contributed by atoms with E-state index in [-0.39, 0.29) is 18.5 Å². The molecule has 0 bridgehead atoms. The Morgan fingerprint density at radius 1 is 1.33 bits per heavy atom. The highest BCUT2D eigenvalue weighted by Gasteiger charge is 2.69. The fourth-order valence-corrected chi connectivity index (χ4v) is 1.07. The maximum absolute atomic E-state index is 11.8. The van der Waals surface area contributed by atoms with Crippen molar-refractivity contribution in [3.63, 3.8) is 0 Å². The van der Waals surface area contributed by atoms with E-state index in [0.717, 1.165) is 0 Å². The molecule has 2 N–H and O–H groups in total. The topological polar surface area (TPSA) is 101 Å². The number of carboxylic acids is 2. The zero-order chi connectivity index (χ0) is 14.0. The number of hydrogen-bond acceptors (Lipinski definition) is 4. The molecule has 1 heterocycles. The third-order valence-corrected chi connectivity index (χ3v) is 2.36. The maximum Gasteiger partial charge on any atom is 0.404 e. The summed E-state index contributed by atoms with van der Waals surface area (Å²) in [7, 11) is 0. The Hall–Kier alpha value is -2.06. The second-order valence-electron chi connectivity index (χ2n) is 3.57. The standard InChI is InChI=1S/C5H5F3O2.C4H3NO3/c6-5(7,8)4(1-2-4)3(9)10;6-4(7)3-1-2-8-5-3/h1-2H2,(H,9,10);1-2H,(H,6,7). The van der Waals surface area contributed by atoms with Gasteiger partial charge in [-0.2, -0.15) is 13.2 Å². The Kier molecular flexibility index (Phi) is 3.63. The minimum atomic E-state index is -4.57. The van der Waals surface area contributed by atoms with Gasteiger partial charge in [0.2, 0.25) is 0 Å². The van der Waals surface area contributed by atoms with Gasteiger partial charge in [0.05, 0.1) is 0 Å². The molecule has 0 unspecified atom stereocenters. The van der Waals surface area contributed by atoms with Crippen LogP contribution < -0.4 is 0 Å². The maximum atomic E-state index is 11.8. The van der Waals surface area contributed by atoms with Gasteiger partial charge in [-0.25, -0.2) is 4.79 Å². The number of aliphatic carboxylic acids is 1. The zero-order valence-electron chi connectivity index (χ0n) is 8.77. The first-order chi connectivity index (χ1) is 8.21. The molecule has 0 atom stereocenters. The number of carboxylic acid groups (broad SMARTS) is 2. The van der Waals surface area contributed by atoms with Crippen LogP contribution in [0.15, 0.2) is 16.9 Å². The van der Waals surface area contributed by atoms with Crippen LogP contribution in [-0.2, 0) is 4.79 Å². The van der Waals surface area contributed by atoms with Crippen LogP contribution in [0.5, 0.6) is 0 Å². The molecule has 18 heavy (non-hydrogen) atoms. The van der Waals surface area contributed by atoms with Crippen LogP contribution in [0.3, 0.4) is 0 Å². The molecule has 1 fully saturated rings. The summed E-state index contributed by atoms with van der Waals surface area (Å²) >= 11 is 0. The molecule has 1 aromatic heterocycles. The summed E-state index contributed by atoms with van der Waals surface area (Å²) in [6.07, 6.45) is -3.90. The normalized spacial score (nSPS) is 16.4. The number of aromatic carboxylic acids is 1. The van der Waals surface area contributed by atoms with Gasteiger partial charge in [0.15, 0.2) is 11.1 Å². The molecule has 0 radical (unpaired) electrons. The van der Waals surface area contributed by atoms with E-state index in [1.54, 1.807) is 0 Å². The van der Waals surface area contributed by atoms with E-state index in [2.05, 4.69) is 9.68 Å².